The number of carbonyl (C=O) groups is 5. The first-order valence-electron chi connectivity index (χ1n) is 22.0. The third kappa shape index (κ3) is 15.4. The van der Waals surface area contributed by atoms with Gasteiger partial charge in [-0.15, -0.1) is 9.46 Å². The summed E-state index contributed by atoms with van der Waals surface area (Å²) in [6.45, 7) is 4.91. The van der Waals surface area contributed by atoms with Crippen molar-refractivity contribution in [1.82, 2.24) is 46.7 Å². The number of amides is 5. The van der Waals surface area contributed by atoms with Gasteiger partial charge in [0.2, 0.25) is 5.91 Å². The van der Waals surface area contributed by atoms with Crippen LogP contribution in [0.1, 0.15) is 91.8 Å². The van der Waals surface area contributed by atoms with E-state index in [2.05, 4.69) is 37.2 Å². The van der Waals surface area contributed by atoms with Gasteiger partial charge in [0, 0.05) is 39.3 Å². The Hall–Kier alpha value is -6.83. The van der Waals surface area contributed by atoms with Crippen LogP contribution in [0.2, 0.25) is 0 Å². The molecule has 3 aliphatic heterocycles. The summed E-state index contributed by atoms with van der Waals surface area (Å²) >= 11 is 0. The van der Waals surface area contributed by atoms with Crippen molar-refractivity contribution >= 4 is 29.5 Å². The van der Waals surface area contributed by atoms with Gasteiger partial charge in [-0.3, -0.25) is 33.6 Å². The smallest absolute Gasteiger partial charge is 0.296 e. The monoisotopic (exact) mass is 897 g/mol. The van der Waals surface area contributed by atoms with Crippen molar-refractivity contribution in [2.45, 2.75) is 58.3 Å². The Morgan fingerprint density at radius 2 is 1.08 bits per heavy atom. The van der Waals surface area contributed by atoms with Gasteiger partial charge in [-0.25, -0.2) is 0 Å². The van der Waals surface area contributed by atoms with Crippen LogP contribution < -0.4 is 58.0 Å². The summed E-state index contributed by atoms with van der Waals surface area (Å²) in [6.07, 6.45) is 3.01. The average Bonchev–Trinajstić information content (AvgIpc) is 3.31. The highest BCUT2D eigenvalue weighted by atomic mass is 16.7. The number of rotatable bonds is 12. The molecule has 7 N–H and O–H groups in total. The highest BCUT2D eigenvalue weighted by Gasteiger charge is 2.23. The van der Waals surface area contributed by atoms with E-state index in [1.54, 1.807) is 48.5 Å². The van der Waals surface area contributed by atoms with Crippen LogP contribution in [0.25, 0.3) is 0 Å². The summed E-state index contributed by atoms with van der Waals surface area (Å²) < 4.78 is 7.04. The molecule has 2 aromatic carbocycles. The number of hydrogen-bond acceptors (Lipinski definition) is 12. The summed E-state index contributed by atoms with van der Waals surface area (Å²) in [5.74, 6) is -2.95. The highest BCUT2D eigenvalue weighted by molar-refractivity contribution is 5.97. The van der Waals surface area contributed by atoms with Gasteiger partial charge in [0.15, 0.2) is 0 Å². The van der Waals surface area contributed by atoms with Crippen LogP contribution in [0.4, 0.5) is 0 Å². The first-order valence-corrected chi connectivity index (χ1v) is 22.0. The van der Waals surface area contributed by atoms with Crippen LogP contribution in [0.5, 0.6) is 0 Å². The summed E-state index contributed by atoms with van der Waals surface area (Å²) in [5, 5.41) is 20.3. The molecule has 7 rings (SSSR count). The lowest BCUT2D eigenvalue weighted by Gasteiger charge is -2.19. The number of aromatic nitrogens is 2. The maximum absolute atomic E-state index is 13.8. The fourth-order valence-electron chi connectivity index (χ4n) is 6.61. The third-order valence-corrected chi connectivity index (χ3v) is 10.0. The largest absolute Gasteiger partial charge is 0.405 e. The van der Waals surface area contributed by atoms with Gasteiger partial charge in [-0.1, -0.05) is 67.6 Å². The molecule has 1 unspecified atom stereocenters. The van der Waals surface area contributed by atoms with Crippen molar-refractivity contribution in [3.05, 3.63) is 139 Å². The summed E-state index contributed by atoms with van der Waals surface area (Å²) in [4.78, 5) is 106. The Bertz CT molecular complexity index is 2300. The molecule has 0 saturated carbocycles. The molecular formula is C46H59N9O10. The van der Waals surface area contributed by atoms with Crippen molar-refractivity contribution in [2.75, 3.05) is 65.6 Å². The van der Waals surface area contributed by atoms with E-state index in [1.807, 2.05) is 19.1 Å². The van der Waals surface area contributed by atoms with Crippen molar-refractivity contribution in [2.24, 2.45) is 0 Å². The lowest BCUT2D eigenvalue weighted by molar-refractivity contribution is -0.123. The molecule has 1 atom stereocenters. The zero-order valence-corrected chi connectivity index (χ0v) is 36.7. The minimum Gasteiger partial charge on any atom is -0.405 e. The van der Waals surface area contributed by atoms with E-state index < -0.39 is 40.8 Å². The Labute approximate surface area is 376 Å². The molecule has 0 spiro atoms. The summed E-state index contributed by atoms with van der Waals surface area (Å²) in [7, 11) is 0. The maximum atomic E-state index is 13.8. The van der Waals surface area contributed by atoms with Crippen LogP contribution >= 0.6 is 0 Å². The number of benzene rings is 2. The van der Waals surface area contributed by atoms with Gasteiger partial charge in [0.25, 0.3) is 34.7 Å². The van der Waals surface area contributed by atoms with Crippen LogP contribution in [-0.4, -0.2) is 111 Å². The topological polar surface area (TPSA) is 241 Å². The van der Waals surface area contributed by atoms with E-state index in [0.29, 0.717) is 76.2 Å². The molecule has 348 valence electrons. The second kappa shape index (κ2) is 26.7. The highest BCUT2D eigenvalue weighted by Crippen LogP contribution is 2.06. The third-order valence-electron chi connectivity index (χ3n) is 10.0. The van der Waals surface area contributed by atoms with E-state index in [9.17, 15) is 33.6 Å². The summed E-state index contributed by atoms with van der Waals surface area (Å²) in [5.41, 5.74) is -1.18. The Kier molecular flexibility index (Phi) is 20.2. The molecule has 0 saturated heterocycles. The van der Waals surface area contributed by atoms with E-state index in [-0.39, 0.29) is 67.8 Å². The van der Waals surface area contributed by atoms with Crippen LogP contribution in [0.3, 0.4) is 0 Å². The number of nitrogens with one attached hydrogen (secondary N) is 7. The van der Waals surface area contributed by atoms with Gasteiger partial charge < -0.3 is 51.6 Å². The number of fused-ring (bicyclic) bond motifs is 2. The second-order valence-electron chi connectivity index (χ2n) is 15.0. The van der Waals surface area contributed by atoms with Gasteiger partial charge in [0.1, 0.15) is 35.7 Å². The standard InChI is InChI=1S/C46H59N9O10/c1-2-29-63-30-28-53-42(58)37-16-9-21-47-22-10-24-49-40(56)35-17-19-38(54(45(35)61)64-31-33-12-5-3-6-13-33)43(59)51-26-27-52-44(60)39-20-18-36(41(57)50-25-11-23-48-37)46(62)55(39)65-32-34-14-7-4-8-15-34/h3-8,12-15,17-20,37,47-48H,2,9-11,16,21-32H2,1H3,(H,49,56)(H,50,57)(H,51,59)(H,52,60)(H,53,58). The van der Waals surface area contributed by atoms with Gasteiger partial charge in [0.05, 0.1) is 12.6 Å². The molecule has 0 radical (unpaired) electrons. The molecule has 5 amide bonds. The molecular weight excluding hydrogens is 839 g/mol. The molecule has 3 aliphatic rings. The van der Waals surface area contributed by atoms with Crippen LogP contribution in [0, 0.1) is 0 Å². The van der Waals surface area contributed by atoms with E-state index >= 15 is 0 Å². The Morgan fingerprint density at radius 1 is 0.585 bits per heavy atom. The molecule has 19 nitrogen and oxygen atoms in total. The van der Waals surface area contributed by atoms with Crippen molar-refractivity contribution < 1.29 is 38.4 Å². The molecule has 5 heterocycles. The SMILES string of the molecule is CCCOCCNC(=O)C1CCCNCCCNC(=O)c2ccc(n(OCc3ccccc3)c2=O)C(=O)NCCNC(=O)c2ccc(c(=O)n2OCc2ccccc2)C(=O)NCCCN1. The predicted molar refractivity (Wildman–Crippen MR) is 241 cm³/mol. The minimum absolute atomic E-state index is 0.0855. The normalized spacial score (nSPS) is 16.4. The van der Waals surface area contributed by atoms with Crippen molar-refractivity contribution in [3.63, 3.8) is 0 Å². The fraction of sp³-hybridized carbons (Fsp3) is 0.413. The van der Waals surface area contributed by atoms with Crippen molar-refractivity contribution in [3.8, 4) is 0 Å². The first-order chi connectivity index (χ1) is 31.7. The van der Waals surface area contributed by atoms with Gasteiger partial charge in [-0.05, 0) is 87.1 Å². The molecule has 19 heteroatoms. The number of nitrogens with zero attached hydrogens (tertiary/aromatic N) is 2. The van der Waals surface area contributed by atoms with E-state index in [1.165, 1.54) is 24.3 Å². The first kappa shape index (κ1) is 49.2. The fourth-order valence-corrected chi connectivity index (χ4v) is 6.61. The van der Waals surface area contributed by atoms with Crippen molar-refractivity contribution in [1.29, 1.82) is 0 Å². The molecule has 4 bridgehead atoms. The number of carbonyl (C=O) groups excluding carboxylic acids is 5. The lowest BCUT2D eigenvalue weighted by atomic mass is 10.1. The Balaban J connectivity index is 1.35. The van der Waals surface area contributed by atoms with E-state index in [0.717, 1.165) is 15.9 Å². The molecule has 65 heavy (non-hydrogen) atoms. The van der Waals surface area contributed by atoms with E-state index in [4.69, 9.17) is 14.4 Å². The molecule has 4 aromatic rings. The second-order valence-corrected chi connectivity index (χ2v) is 15.0. The number of hydrogen-bond donors (Lipinski definition) is 7. The Morgan fingerprint density at radius 3 is 1.60 bits per heavy atom. The average molecular weight is 898 g/mol. The van der Waals surface area contributed by atoms with Gasteiger partial charge in [-0.2, -0.15) is 0 Å². The summed E-state index contributed by atoms with van der Waals surface area (Å²) in [6, 6.07) is 22.5. The maximum Gasteiger partial charge on any atom is 0.296 e. The zero-order chi connectivity index (χ0) is 46.2. The zero-order valence-electron chi connectivity index (χ0n) is 36.7. The van der Waals surface area contributed by atoms with Gasteiger partial charge >= 0.3 is 0 Å². The lowest BCUT2D eigenvalue weighted by Crippen LogP contribution is -2.46. The minimum atomic E-state index is -0.865. The number of pyridine rings is 2. The predicted octanol–water partition coefficient (Wildman–Crippen LogP) is 0.552. The number of ether oxygens (including phenoxy) is 1. The molecule has 0 aliphatic carbocycles. The van der Waals surface area contributed by atoms with Crippen LogP contribution in [-0.2, 0) is 22.7 Å². The molecule has 0 fully saturated rings. The molecule has 2 aromatic heterocycles. The van der Waals surface area contributed by atoms with Crippen LogP contribution in [0.15, 0.2) is 94.5 Å². The quantitative estimate of drug-likeness (QED) is 0.0966.